The SMILES string of the molecule is CCCCCCCCCCc1c(Oc2ccccc2)ccc(S(=O)(=O)[O-])c1S(=O)(=O)[O-].[Na+].[Na+]. The number of hydrogen-bond donors (Lipinski definition) is 0. The third kappa shape index (κ3) is 11.1. The van der Waals surface area contributed by atoms with E-state index in [9.17, 15) is 25.9 Å². The van der Waals surface area contributed by atoms with Gasteiger partial charge in [0.2, 0.25) is 0 Å². The summed E-state index contributed by atoms with van der Waals surface area (Å²) in [7, 11) is -10.4. The zero-order chi connectivity index (χ0) is 22.9. The van der Waals surface area contributed by atoms with Crippen LogP contribution < -0.4 is 63.9 Å². The first-order valence-electron chi connectivity index (χ1n) is 10.4. The molecule has 0 bridgehead atoms. The fraction of sp³-hybridized carbons (Fsp3) is 0.455. The van der Waals surface area contributed by atoms with Crippen molar-refractivity contribution in [3.63, 3.8) is 0 Å². The van der Waals surface area contributed by atoms with Gasteiger partial charge in [0.15, 0.2) is 0 Å². The van der Waals surface area contributed by atoms with Crippen LogP contribution in [0.15, 0.2) is 52.3 Å². The molecule has 2 aromatic rings. The van der Waals surface area contributed by atoms with Crippen LogP contribution in [-0.2, 0) is 26.7 Å². The van der Waals surface area contributed by atoms with Crippen molar-refractivity contribution in [1.29, 1.82) is 0 Å². The molecule has 0 radical (unpaired) electrons. The first-order valence-corrected chi connectivity index (χ1v) is 13.3. The molecule has 0 aliphatic carbocycles. The van der Waals surface area contributed by atoms with Crippen molar-refractivity contribution in [2.75, 3.05) is 0 Å². The average Bonchev–Trinajstić information content (AvgIpc) is 2.69. The number of unbranched alkanes of at least 4 members (excludes halogenated alkanes) is 7. The van der Waals surface area contributed by atoms with E-state index < -0.39 is 30.0 Å². The zero-order valence-electron chi connectivity index (χ0n) is 19.6. The summed E-state index contributed by atoms with van der Waals surface area (Å²) < 4.78 is 76.4. The molecular weight excluding hydrogens is 486 g/mol. The van der Waals surface area contributed by atoms with Gasteiger partial charge in [-0.1, -0.05) is 70.1 Å². The molecule has 0 N–H and O–H groups in total. The molecule has 0 aliphatic rings. The fourth-order valence-corrected chi connectivity index (χ4v) is 5.46. The molecule has 0 atom stereocenters. The number of hydrogen-bond acceptors (Lipinski definition) is 7. The van der Waals surface area contributed by atoms with E-state index in [4.69, 9.17) is 4.74 Å². The van der Waals surface area contributed by atoms with Crippen molar-refractivity contribution < 1.29 is 89.8 Å². The third-order valence-corrected chi connectivity index (χ3v) is 6.93. The monoisotopic (exact) mass is 514 g/mol. The van der Waals surface area contributed by atoms with Crippen LogP contribution in [0.2, 0.25) is 0 Å². The number of ether oxygens (including phenoxy) is 1. The maximum Gasteiger partial charge on any atom is 1.00 e. The van der Waals surface area contributed by atoms with Crippen LogP contribution in [0.1, 0.15) is 63.9 Å². The topological polar surface area (TPSA) is 124 Å². The summed E-state index contributed by atoms with van der Waals surface area (Å²) in [4.78, 5) is -2.03. The summed E-state index contributed by atoms with van der Waals surface area (Å²) >= 11 is 0. The Bertz CT molecular complexity index is 1060. The maximum atomic E-state index is 11.9. The number of rotatable bonds is 13. The van der Waals surface area contributed by atoms with Crippen molar-refractivity contribution in [1.82, 2.24) is 0 Å². The number of benzene rings is 2. The molecule has 0 unspecified atom stereocenters. The van der Waals surface area contributed by atoms with Crippen LogP contribution in [0.3, 0.4) is 0 Å². The first-order chi connectivity index (χ1) is 14.6. The van der Waals surface area contributed by atoms with Gasteiger partial charge in [-0.25, -0.2) is 16.8 Å². The minimum Gasteiger partial charge on any atom is -0.744 e. The van der Waals surface area contributed by atoms with Gasteiger partial charge in [0, 0.05) is 5.56 Å². The molecule has 0 saturated heterocycles. The van der Waals surface area contributed by atoms with Crippen LogP contribution in [0.25, 0.3) is 0 Å². The molecule has 0 fully saturated rings. The van der Waals surface area contributed by atoms with Gasteiger partial charge in [-0.2, -0.15) is 0 Å². The molecule has 33 heavy (non-hydrogen) atoms. The molecule has 0 aliphatic heterocycles. The quantitative estimate of drug-likeness (QED) is 0.190. The molecule has 172 valence electrons. The van der Waals surface area contributed by atoms with Crippen LogP contribution >= 0.6 is 0 Å². The van der Waals surface area contributed by atoms with E-state index in [1.807, 2.05) is 0 Å². The van der Waals surface area contributed by atoms with Gasteiger partial charge >= 0.3 is 59.1 Å². The van der Waals surface area contributed by atoms with Gasteiger partial charge in [-0.15, -0.1) is 0 Å². The van der Waals surface area contributed by atoms with Crippen LogP contribution in [0.4, 0.5) is 0 Å². The molecule has 0 aromatic heterocycles. The smallest absolute Gasteiger partial charge is 0.744 e. The Morgan fingerprint density at radius 3 is 1.79 bits per heavy atom. The van der Waals surface area contributed by atoms with E-state index in [1.165, 1.54) is 18.9 Å². The fourth-order valence-electron chi connectivity index (χ4n) is 3.44. The summed E-state index contributed by atoms with van der Waals surface area (Å²) in [5.74, 6) is 0.447. The zero-order valence-corrected chi connectivity index (χ0v) is 25.2. The number of para-hydroxylation sites is 1. The van der Waals surface area contributed by atoms with E-state index in [0.717, 1.165) is 38.2 Å². The standard InChI is InChI=1S/C22H30O7S2.2Na/c1-2-3-4-5-6-7-8-12-15-19-20(29-18-13-10-9-11-14-18)16-17-21(30(23,24)25)22(19)31(26,27)28;;/h9-11,13-14,16-17H,2-8,12,15H2,1H3,(H,23,24,25)(H,26,27,28);;/q;2*+1/p-2. The van der Waals surface area contributed by atoms with E-state index in [2.05, 4.69) is 6.92 Å². The molecule has 2 aromatic carbocycles. The van der Waals surface area contributed by atoms with Crippen molar-refractivity contribution in [3.05, 3.63) is 48.0 Å². The second-order valence-corrected chi connectivity index (χ2v) is 10.1. The van der Waals surface area contributed by atoms with Crippen molar-refractivity contribution in [2.24, 2.45) is 0 Å². The van der Waals surface area contributed by atoms with Gasteiger partial charge in [0.1, 0.15) is 31.7 Å². The van der Waals surface area contributed by atoms with Gasteiger partial charge in [-0.05, 0) is 37.1 Å². The Hall–Kier alpha value is 0.0600. The summed E-state index contributed by atoms with van der Waals surface area (Å²) in [5.41, 5.74) is -0.0678. The molecule has 0 spiro atoms. The van der Waals surface area contributed by atoms with Crippen LogP contribution in [-0.4, -0.2) is 25.9 Å². The minimum absolute atomic E-state index is 0. The third-order valence-electron chi connectivity index (χ3n) is 4.95. The second-order valence-electron chi connectivity index (χ2n) is 7.42. The van der Waals surface area contributed by atoms with Crippen LogP contribution in [0, 0.1) is 0 Å². The Balaban J connectivity index is 0.00000512. The van der Waals surface area contributed by atoms with E-state index >= 15 is 0 Å². The first kappa shape index (κ1) is 33.1. The van der Waals surface area contributed by atoms with Gasteiger partial charge < -0.3 is 13.8 Å². The average molecular weight is 515 g/mol. The molecular formula is C22H28Na2O7S2. The molecule has 11 heteroatoms. The second kappa shape index (κ2) is 15.9. The molecule has 0 heterocycles. The van der Waals surface area contributed by atoms with Crippen molar-refractivity contribution >= 4 is 20.2 Å². The normalized spacial score (nSPS) is 11.4. The predicted molar refractivity (Wildman–Crippen MR) is 115 cm³/mol. The maximum absolute atomic E-state index is 11.9. The molecule has 0 amide bonds. The predicted octanol–water partition coefficient (Wildman–Crippen LogP) is -1.02. The Kier molecular flexibility index (Phi) is 16.0. The van der Waals surface area contributed by atoms with Gasteiger partial charge in [0.05, 0.1) is 9.79 Å². The molecule has 0 saturated carbocycles. The molecule has 2 rings (SSSR count). The summed E-state index contributed by atoms with van der Waals surface area (Å²) in [6.45, 7) is 2.15. The van der Waals surface area contributed by atoms with E-state index in [1.54, 1.807) is 30.3 Å². The Morgan fingerprint density at radius 2 is 1.27 bits per heavy atom. The van der Waals surface area contributed by atoms with Gasteiger partial charge in [0.25, 0.3) is 0 Å². The summed E-state index contributed by atoms with van der Waals surface area (Å²) in [5, 5.41) is 0. The Morgan fingerprint density at radius 1 is 0.727 bits per heavy atom. The van der Waals surface area contributed by atoms with E-state index in [-0.39, 0.29) is 76.8 Å². The molecule has 7 nitrogen and oxygen atoms in total. The largest absolute Gasteiger partial charge is 1.00 e. The summed E-state index contributed by atoms with van der Waals surface area (Å²) in [6.07, 6.45) is 8.07. The van der Waals surface area contributed by atoms with Crippen molar-refractivity contribution in [2.45, 2.75) is 74.5 Å². The van der Waals surface area contributed by atoms with Gasteiger partial charge in [-0.3, -0.25) is 0 Å². The van der Waals surface area contributed by atoms with Crippen molar-refractivity contribution in [3.8, 4) is 11.5 Å². The minimum atomic E-state index is -5.23. The summed E-state index contributed by atoms with van der Waals surface area (Å²) in [6, 6.07) is 10.5. The Labute approximate surface area is 241 Å². The van der Waals surface area contributed by atoms with E-state index in [0.29, 0.717) is 12.2 Å². The van der Waals surface area contributed by atoms with Crippen LogP contribution in [0.5, 0.6) is 11.5 Å².